The second-order valence-corrected chi connectivity index (χ2v) is 14.1. The predicted molar refractivity (Wildman–Crippen MR) is 193 cm³/mol. The zero-order valence-corrected chi connectivity index (χ0v) is 28.8. The van der Waals surface area contributed by atoms with Crippen LogP contribution in [0, 0.1) is 11.7 Å². The van der Waals surface area contributed by atoms with Gasteiger partial charge in [0, 0.05) is 19.5 Å². The van der Waals surface area contributed by atoms with Crippen LogP contribution in [-0.4, -0.2) is 44.3 Å². The van der Waals surface area contributed by atoms with Crippen LogP contribution in [0.25, 0.3) is 0 Å². The normalized spacial score (nSPS) is 11.8. The van der Waals surface area contributed by atoms with Gasteiger partial charge in [0.2, 0.25) is 11.8 Å². The molecule has 0 aliphatic carbocycles. The third kappa shape index (κ3) is 9.57. The molecule has 0 aromatic heterocycles. The SMILES string of the molecule is CC(C)CNC(=O)[C@H](Cc1ccccc1)N(Cc1ccc(F)cc1)C(=O)CN(c1ccc(Oc2ccccc2)cc1)S(=O)(=O)c1ccccc1. The first-order valence-electron chi connectivity index (χ1n) is 16.4. The first kappa shape index (κ1) is 35.8. The number of ether oxygens (including phenoxy) is 1. The van der Waals surface area contributed by atoms with Gasteiger partial charge in [-0.25, -0.2) is 12.8 Å². The smallest absolute Gasteiger partial charge is 0.264 e. The van der Waals surface area contributed by atoms with E-state index in [1.165, 1.54) is 29.2 Å². The lowest BCUT2D eigenvalue weighted by Crippen LogP contribution is -2.53. The number of hydrogen-bond acceptors (Lipinski definition) is 5. The number of carbonyl (C=O) groups excluding carboxylic acids is 2. The van der Waals surface area contributed by atoms with E-state index >= 15 is 0 Å². The van der Waals surface area contributed by atoms with Crippen molar-refractivity contribution < 1.29 is 27.1 Å². The molecule has 0 fully saturated rings. The number of rotatable bonds is 15. The van der Waals surface area contributed by atoms with Crippen LogP contribution in [-0.2, 0) is 32.6 Å². The molecule has 5 aromatic carbocycles. The molecule has 10 heteroatoms. The summed E-state index contributed by atoms with van der Waals surface area (Å²) in [6.07, 6.45) is 0.175. The summed E-state index contributed by atoms with van der Waals surface area (Å²) in [6, 6.07) is 37.4. The second-order valence-electron chi connectivity index (χ2n) is 12.2. The number of carbonyl (C=O) groups is 2. The van der Waals surface area contributed by atoms with E-state index in [0.717, 1.165) is 9.87 Å². The van der Waals surface area contributed by atoms with Gasteiger partial charge in [-0.2, -0.15) is 0 Å². The highest BCUT2D eigenvalue weighted by Crippen LogP contribution is 2.29. The summed E-state index contributed by atoms with van der Waals surface area (Å²) in [6.45, 7) is 3.65. The van der Waals surface area contributed by atoms with Gasteiger partial charge in [-0.05, 0) is 77.7 Å². The highest BCUT2D eigenvalue weighted by atomic mass is 32.2. The highest BCUT2D eigenvalue weighted by Gasteiger charge is 2.34. The molecule has 0 bridgehead atoms. The molecule has 0 heterocycles. The number of nitrogens with zero attached hydrogens (tertiary/aromatic N) is 2. The maximum absolute atomic E-state index is 14.6. The van der Waals surface area contributed by atoms with Gasteiger partial charge in [0.1, 0.15) is 29.9 Å². The summed E-state index contributed by atoms with van der Waals surface area (Å²) in [4.78, 5) is 29.9. The van der Waals surface area contributed by atoms with Crippen molar-refractivity contribution in [3.8, 4) is 11.5 Å². The van der Waals surface area contributed by atoms with Crippen LogP contribution in [0.15, 0.2) is 144 Å². The van der Waals surface area contributed by atoms with Crippen LogP contribution in [0.2, 0.25) is 0 Å². The summed E-state index contributed by atoms with van der Waals surface area (Å²) >= 11 is 0. The van der Waals surface area contributed by atoms with E-state index in [4.69, 9.17) is 4.74 Å². The fourth-order valence-corrected chi connectivity index (χ4v) is 6.75. The van der Waals surface area contributed by atoms with E-state index in [9.17, 15) is 22.4 Å². The first-order valence-corrected chi connectivity index (χ1v) is 17.8. The lowest BCUT2D eigenvalue weighted by atomic mass is 10.0. The number of halogens is 1. The first-order chi connectivity index (χ1) is 24.1. The summed E-state index contributed by atoms with van der Waals surface area (Å²) in [7, 11) is -4.26. The lowest BCUT2D eigenvalue weighted by molar-refractivity contribution is -0.140. The van der Waals surface area contributed by atoms with Gasteiger partial charge >= 0.3 is 0 Å². The Morgan fingerprint density at radius 1 is 0.720 bits per heavy atom. The van der Waals surface area contributed by atoms with Crippen molar-refractivity contribution in [2.45, 2.75) is 37.8 Å². The van der Waals surface area contributed by atoms with Crippen molar-refractivity contribution in [2.75, 3.05) is 17.4 Å². The van der Waals surface area contributed by atoms with Crippen molar-refractivity contribution in [1.29, 1.82) is 0 Å². The van der Waals surface area contributed by atoms with Gasteiger partial charge in [-0.15, -0.1) is 0 Å². The zero-order valence-electron chi connectivity index (χ0n) is 28.0. The van der Waals surface area contributed by atoms with Crippen molar-refractivity contribution in [2.24, 2.45) is 5.92 Å². The Hall–Kier alpha value is -5.48. The molecule has 5 aromatic rings. The average molecular weight is 694 g/mol. The predicted octanol–water partition coefficient (Wildman–Crippen LogP) is 7.23. The van der Waals surface area contributed by atoms with Gasteiger partial charge in [-0.1, -0.05) is 92.7 Å². The summed E-state index contributed by atoms with van der Waals surface area (Å²) in [5.74, 6) is -0.191. The average Bonchev–Trinajstić information content (AvgIpc) is 3.13. The summed E-state index contributed by atoms with van der Waals surface area (Å²) in [5, 5.41) is 2.96. The summed E-state index contributed by atoms with van der Waals surface area (Å²) in [5.41, 5.74) is 1.62. The molecule has 0 saturated carbocycles. The Morgan fingerprint density at radius 2 is 1.28 bits per heavy atom. The van der Waals surface area contributed by atoms with Crippen LogP contribution in [0.4, 0.5) is 10.1 Å². The molecule has 0 radical (unpaired) electrons. The fourth-order valence-electron chi connectivity index (χ4n) is 5.32. The van der Waals surface area contributed by atoms with Crippen LogP contribution in [0.3, 0.4) is 0 Å². The number of hydrogen-bond donors (Lipinski definition) is 1. The Labute approximate surface area is 293 Å². The van der Waals surface area contributed by atoms with E-state index < -0.39 is 34.3 Å². The largest absolute Gasteiger partial charge is 0.457 e. The third-order valence-corrected chi connectivity index (χ3v) is 9.72. The number of sulfonamides is 1. The maximum atomic E-state index is 14.6. The quantitative estimate of drug-likeness (QED) is 0.125. The van der Waals surface area contributed by atoms with Gasteiger partial charge in [0.25, 0.3) is 10.0 Å². The molecule has 0 aliphatic heterocycles. The molecule has 1 atom stereocenters. The van der Waals surface area contributed by atoms with Crippen molar-refractivity contribution in [3.63, 3.8) is 0 Å². The van der Waals surface area contributed by atoms with Crippen LogP contribution >= 0.6 is 0 Å². The van der Waals surface area contributed by atoms with Crippen molar-refractivity contribution in [3.05, 3.63) is 156 Å². The summed E-state index contributed by atoms with van der Waals surface area (Å²) < 4.78 is 49.3. The number of amides is 2. The Kier molecular flexibility index (Phi) is 12.0. The molecule has 258 valence electrons. The van der Waals surface area contributed by atoms with Gasteiger partial charge in [0.15, 0.2) is 0 Å². The Balaban J connectivity index is 1.54. The van der Waals surface area contributed by atoms with Crippen LogP contribution in [0.1, 0.15) is 25.0 Å². The lowest BCUT2D eigenvalue weighted by Gasteiger charge is -2.34. The van der Waals surface area contributed by atoms with E-state index in [1.807, 2.05) is 62.4 Å². The third-order valence-electron chi connectivity index (χ3n) is 7.94. The molecular weight excluding hydrogens is 654 g/mol. The fraction of sp³-hybridized carbons (Fsp3) is 0.200. The minimum atomic E-state index is -4.26. The minimum Gasteiger partial charge on any atom is -0.457 e. The molecule has 2 amide bonds. The van der Waals surface area contributed by atoms with Crippen LogP contribution in [0.5, 0.6) is 11.5 Å². The number of benzene rings is 5. The van der Waals surface area contributed by atoms with Gasteiger partial charge in [0.05, 0.1) is 10.6 Å². The number of para-hydroxylation sites is 1. The molecule has 0 spiro atoms. The molecular formula is C40H40FN3O5S. The molecule has 50 heavy (non-hydrogen) atoms. The van der Waals surface area contributed by atoms with Gasteiger partial charge < -0.3 is 15.0 Å². The second kappa shape index (κ2) is 16.8. The minimum absolute atomic E-state index is 0.00184. The monoisotopic (exact) mass is 693 g/mol. The van der Waals surface area contributed by atoms with E-state index in [-0.39, 0.29) is 35.4 Å². The zero-order chi connectivity index (χ0) is 35.5. The van der Waals surface area contributed by atoms with E-state index in [2.05, 4.69) is 5.32 Å². The molecule has 0 unspecified atom stereocenters. The van der Waals surface area contributed by atoms with E-state index in [1.54, 1.807) is 66.7 Å². The topological polar surface area (TPSA) is 96.0 Å². The molecule has 1 N–H and O–H groups in total. The highest BCUT2D eigenvalue weighted by molar-refractivity contribution is 7.92. The number of nitrogens with one attached hydrogen (secondary N) is 1. The van der Waals surface area contributed by atoms with Crippen LogP contribution < -0.4 is 14.4 Å². The Bertz CT molecular complexity index is 1940. The molecule has 0 saturated heterocycles. The Morgan fingerprint density at radius 3 is 1.88 bits per heavy atom. The van der Waals surface area contributed by atoms with Crippen molar-refractivity contribution in [1.82, 2.24) is 10.2 Å². The number of anilines is 1. The maximum Gasteiger partial charge on any atom is 0.264 e. The van der Waals surface area contributed by atoms with Crippen molar-refractivity contribution >= 4 is 27.5 Å². The van der Waals surface area contributed by atoms with E-state index in [0.29, 0.717) is 23.6 Å². The molecule has 0 aliphatic rings. The standard InChI is InChI=1S/C40H40FN3O5S/c1-30(2)27-42-40(46)38(26-31-12-6-3-7-13-31)43(28-32-18-20-33(41)21-19-32)39(45)29-44(50(47,48)37-16-10-5-11-17-37)34-22-24-36(25-23-34)49-35-14-8-4-9-15-35/h3-25,30,38H,26-29H2,1-2H3,(H,42,46)/t38-/m0/s1. The molecule has 8 nitrogen and oxygen atoms in total. The van der Waals surface area contributed by atoms with Gasteiger partial charge in [-0.3, -0.25) is 13.9 Å². The molecule has 5 rings (SSSR count).